The number of hydrogen-bond acceptors (Lipinski definition) is 5. The third-order valence-corrected chi connectivity index (χ3v) is 4.02. The molecule has 1 aromatic rings. The van der Waals surface area contributed by atoms with E-state index in [1.807, 2.05) is 11.4 Å². The molecule has 1 aliphatic carbocycles. The van der Waals surface area contributed by atoms with Gasteiger partial charge in [0, 0.05) is 4.90 Å². The minimum atomic E-state index is -0.969. The molecule has 3 N–H and O–H groups in total. The van der Waals surface area contributed by atoms with Crippen molar-refractivity contribution in [2.24, 2.45) is 5.73 Å². The monoisotopic (exact) mass is 308 g/mol. The molecule has 0 aromatic heterocycles. The summed E-state index contributed by atoms with van der Waals surface area (Å²) < 4.78 is 4.74. The molecule has 0 atom stereocenters. The Bertz CT molecular complexity index is 574. The van der Waals surface area contributed by atoms with Gasteiger partial charge in [0.15, 0.2) is 6.61 Å². The summed E-state index contributed by atoms with van der Waals surface area (Å²) in [5.41, 5.74) is 7.49. The lowest BCUT2D eigenvalue weighted by atomic mass is 10.1. The number of primary amides is 1. The second-order valence-corrected chi connectivity index (χ2v) is 5.69. The van der Waals surface area contributed by atoms with E-state index in [4.69, 9.17) is 10.5 Å². The van der Waals surface area contributed by atoms with Gasteiger partial charge in [0.05, 0.1) is 5.75 Å². The van der Waals surface area contributed by atoms with Crippen molar-refractivity contribution in [2.45, 2.75) is 24.2 Å². The number of imide groups is 1. The largest absolute Gasteiger partial charge is 0.455 e. The molecule has 0 saturated heterocycles. The molecule has 0 radical (unpaired) electrons. The number of aryl methyl sites for hydroxylation is 2. The van der Waals surface area contributed by atoms with E-state index in [1.165, 1.54) is 29.3 Å². The average Bonchev–Trinajstić information content (AvgIpc) is 2.89. The third-order valence-electron chi connectivity index (χ3n) is 3.05. The molecule has 1 aliphatic rings. The molecule has 7 heteroatoms. The lowest BCUT2D eigenvalue weighted by Crippen LogP contribution is -2.37. The van der Waals surface area contributed by atoms with Crippen LogP contribution in [-0.4, -0.2) is 30.3 Å². The second-order valence-electron chi connectivity index (χ2n) is 4.65. The minimum Gasteiger partial charge on any atom is -0.455 e. The Hall–Kier alpha value is -2.02. The molecular weight excluding hydrogens is 292 g/mol. The highest BCUT2D eigenvalue weighted by molar-refractivity contribution is 8.00. The highest BCUT2D eigenvalue weighted by atomic mass is 32.2. The highest BCUT2D eigenvalue weighted by Gasteiger charge is 2.13. The summed E-state index contributed by atoms with van der Waals surface area (Å²) >= 11 is 1.36. The smallest absolute Gasteiger partial charge is 0.318 e. The van der Waals surface area contributed by atoms with E-state index in [0.717, 1.165) is 17.7 Å². The molecule has 0 spiro atoms. The maximum Gasteiger partial charge on any atom is 0.318 e. The number of carbonyl (C=O) groups excluding carboxylic acids is 3. The summed E-state index contributed by atoms with van der Waals surface area (Å²) in [5, 5.41) is 1.82. The molecule has 0 bridgehead atoms. The number of carbonyl (C=O) groups is 3. The predicted octanol–water partition coefficient (Wildman–Crippen LogP) is 1.01. The molecule has 21 heavy (non-hydrogen) atoms. The lowest BCUT2D eigenvalue weighted by Gasteiger charge is -2.06. The van der Waals surface area contributed by atoms with Crippen LogP contribution < -0.4 is 11.1 Å². The normalized spacial score (nSPS) is 12.6. The summed E-state index contributed by atoms with van der Waals surface area (Å²) in [5.74, 6) is -1.14. The molecule has 0 heterocycles. The van der Waals surface area contributed by atoms with Gasteiger partial charge < -0.3 is 10.5 Å². The first-order valence-corrected chi connectivity index (χ1v) is 7.52. The second kappa shape index (κ2) is 7.12. The quantitative estimate of drug-likeness (QED) is 0.625. The number of benzene rings is 1. The van der Waals surface area contributed by atoms with Gasteiger partial charge in [-0.15, -0.1) is 11.8 Å². The van der Waals surface area contributed by atoms with Crippen molar-refractivity contribution in [1.82, 2.24) is 5.32 Å². The maximum absolute atomic E-state index is 11.5. The molecule has 0 saturated carbocycles. The number of esters is 1. The van der Waals surface area contributed by atoms with E-state index < -0.39 is 24.5 Å². The molecule has 2 rings (SSSR count). The van der Waals surface area contributed by atoms with Crippen molar-refractivity contribution in [2.75, 3.05) is 12.4 Å². The van der Waals surface area contributed by atoms with Crippen LogP contribution in [0.3, 0.4) is 0 Å². The standard InChI is InChI=1S/C14H16N2O4S/c15-14(19)16-12(17)7-20-13(18)8-21-11-5-4-9-2-1-3-10(9)6-11/h4-6H,1-3,7-8H2,(H3,15,16,17,19). The average molecular weight is 308 g/mol. The number of ether oxygens (including phenoxy) is 1. The van der Waals surface area contributed by atoms with Crippen molar-refractivity contribution >= 4 is 29.7 Å². The summed E-state index contributed by atoms with van der Waals surface area (Å²) in [6.45, 7) is -0.507. The van der Waals surface area contributed by atoms with Crippen LogP contribution in [0, 0.1) is 0 Å². The molecule has 6 nitrogen and oxygen atoms in total. The third kappa shape index (κ3) is 4.78. The van der Waals surface area contributed by atoms with Crippen molar-refractivity contribution in [1.29, 1.82) is 0 Å². The molecular formula is C14H16N2O4S. The highest BCUT2D eigenvalue weighted by Crippen LogP contribution is 2.27. The van der Waals surface area contributed by atoms with Gasteiger partial charge in [0.25, 0.3) is 5.91 Å². The Morgan fingerprint density at radius 3 is 2.76 bits per heavy atom. The zero-order valence-corrected chi connectivity index (χ0v) is 12.2. The number of hydrogen-bond donors (Lipinski definition) is 2. The molecule has 0 unspecified atom stereocenters. The fourth-order valence-electron chi connectivity index (χ4n) is 2.14. The number of thioether (sulfide) groups is 1. The fourth-order valence-corrected chi connectivity index (χ4v) is 2.90. The van der Waals surface area contributed by atoms with Crippen LogP contribution in [0.2, 0.25) is 0 Å². The van der Waals surface area contributed by atoms with E-state index in [9.17, 15) is 14.4 Å². The van der Waals surface area contributed by atoms with Gasteiger partial charge in [-0.25, -0.2) is 4.79 Å². The minimum absolute atomic E-state index is 0.114. The van der Waals surface area contributed by atoms with Crippen molar-refractivity contribution in [3.05, 3.63) is 29.3 Å². The number of nitrogens with two attached hydrogens (primary N) is 1. The van der Waals surface area contributed by atoms with Gasteiger partial charge in [0.1, 0.15) is 0 Å². The van der Waals surface area contributed by atoms with Gasteiger partial charge in [-0.05, 0) is 42.5 Å². The van der Waals surface area contributed by atoms with Crippen molar-refractivity contribution in [3.8, 4) is 0 Å². The summed E-state index contributed by atoms with van der Waals surface area (Å²) in [6, 6.07) is 5.21. The zero-order chi connectivity index (χ0) is 15.2. The van der Waals surface area contributed by atoms with Gasteiger partial charge >= 0.3 is 12.0 Å². The van der Waals surface area contributed by atoms with E-state index >= 15 is 0 Å². The van der Waals surface area contributed by atoms with E-state index in [1.54, 1.807) is 0 Å². The van der Waals surface area contributed by atoms with Crippen LogP contribution in [0.25, 0.3) is 0 Å². The van der Waals surface area contributed by atoms with E-state index in [2.05, 4.69) is 12.1 Å². The van der Waals surface area contributed by atoms with Gasteiger partial charge in [-0.2, -0.15) is 0 Å². The molecule has 0 fully saturated rings. The Morgan fingerprint density at radius 2 is 2.00 bits per heavy atom. The van der Waals surface area contributed by atoms with Crippen molar-refractivity contribution in [3.63, 3.8) is 0 Å². The molecule has 0 aliphatic heterocycles. The summed E-state index contributed by atoms with van der Waals surface area (Å²) in [6.07, 6.45) is 3.39. The van der Waals surface area contributed by atoms with Crippen LogP contribution in [0.4, 0.5) is 4.79 Å². The van der Waals surface area contributed by atoms with Crippen LogP contribution in [0.1, 0.15) is 17.5 Å². The number of urea groups is 1. The van der Waals surface area contributed by atoms with Crippen LogP contribution in [0.5, 0.6) is 0 Å². The Balaban J connectivity index is 1.74. The van der Waals surface area contributed by atoms with E-state index in [-0.39, 0.29) is 5.75 Å². The zero-order valence-electron chi connectivity index (χ0n) is 11.4. The van der Waals surface area contributed by atoms with Crippen molar-refractivity contribution < 1.29 is 19.1 Å². The first kappa shape index (κ1) is 15.4. The lowest BCUT2D eigenvalue weighted by molar-refractivity contribution is -0.145. The molecule has 112 valence electrons. The van der Waals surface area contributed by atoms with Crippen LogP contribution in [0.15, 0.2) is 23.1 Å². The number of rotatable bonds is 5. The number of amides is 3. The topological polar surface area (TPSA) is 98.5 Å². The Morgan fingerprint density at radius 1 is 1.24 bits per heavy atom. The maximum atomic E-state index is 11.5. The number of fused-ring (bicyclic) bond motifs is 1. The summed E-state index contributed by atoms with van der Waals surface area (Å²) in [7, 11) is 0. The van der Waals surface area contributed by atoms with E-state index in [0.29, 0.717) is 0 Å². The number of nitrogens with one attached hydrogen (secondary N) is 1. The molecule has 1 aromatic carbocycles. The van der Waals surface area contributed by atoms with Gasteiger partial charge in [0.2, 0.25) is 0 Å². The predicted molar refractivity (Wildman–Crippen MR) is 77.9 cm³/mol. The van der Waals surface area contributed by atoms with Crippen LogP contribution in [-0.2, 0) is 27.2 Å². The molecule has 3 amide bonds. The SMILES string of the molecule is NC(=O)NC(=O)COC(=O)CSc1ccc2c(c1)CCC2. The first-order valence-electron chi connectivity index (χ1n) is 6.54. The van der Waals surface area contributed by atoms with Gasteiger partial charge in [-0.3, -0.25) is 14.9 Å². The fraction of sp³-hybridized carbons (Fsp3) is 0.357. The Labute approximate surface area is 126 Å². The summed E-state index contributed by atoms with van der Waals surface area (Å²) in [4.78, 5) is 34.0. The Kier molecular flexibility index (Phi) is 5.21. The van der Waals surface area contributed by atoms with Crippen LogP contribution >= 0.6 is 11.8 Å². The van der Waals surface area contributed by atoms with Gasteiger partial charge in [-0.1, -0.05) is 6.07 Å². The first-order chi connectivity index (χ1) is 10.0.